The highest BCUT2D eigenvalue weighted by Gasteiger charge is 2.10. The number of hydrogen-bond donors (Lipinski definition) is 1. The summed E-state index contributed by atoms with van der Waals surface area (Å²) in [5, 5.41) is 4.27. The fraction of sp³-hybridized carbons (Fsp3) is 0.250. The van der Waals surface area contributed by atoms with Crippen LogP contribution in [0.1, 0.15) is 16.2 Å². The minimum absolute atomic E-state index is 0.388. The average Bonchev–Trinajstić information content (AvgIpc) is 2.72. The number of hydrogen-bond acceptors (Lipinski definition) is 4. The highest BCUT2D eigenvalue weighted by Crippen LogP contribution is 2.17. The predicted molar refractivity (Wildman–Crippen MR) is 65.7 cm³/mol. The van der Waals surface area contributed by atoms with Crippen LogP contribution in [0.2, 0.25) is 0 Å². The Morgan fingerprint density at radius 3 is 2.94 bits per heavy atom. The normalized spacial score (nSPS) is 10.6. The summed E-state index contributed by atoms with van der Waals surface area (Å²) in [7, 11) is 3.39. The third-order valence-corrected chi connectivity index (χ3v) is 2.53. The van der Waals surface area contributed by atoms with Gasteiger partial charge in [0, 0.05) is 25.3 Å². The third-order valence-electron chi connectivity index (χ3n) is 2.53. The van der Waals surface area contributed by atoms with Gasteiger partial charge in [0.05, 0.1) is 0 Å². The molecular formula is C12H14N4O2. The zero-order valence-corrected chi connectivity index (χ0v) is 10.3. The lowest BCUT2D eigenvalue weighted by Gasteiger charge is -1.98. The largest absolute Gasteiger partial charge is 0.377 e. The van der Waals surface area contributed by atoms with E-state index in [0.717, 1.165) is 11.4 Å². The van der Waals surface area contributed by atoms with Gasteiger partial charge in [-0.25, -0.2) is 4.98 Å². The van der Waals surface area contributed by atoms with Gasteiger partial charge < -0.3 is 10.5 Å². The maximum Gasteiger partial charge on any atom is 0.248 e. The predicted octanol–water partition coefficient (Wildman–Crippen LogP) is 0.727. The van der Waals surface area contributed by atoms with Gasteiger partial charge in [0.25, 0.3) is 0 Å². The van der Waals surface area contributed by atoms with Gasteiger partial charge in [0.1, 0.15) is 6.61 Å². The van der Waals surface area contributed by atoms with Crippen LogP contribution in [0.4, 0.5) is 0 Å². The first-order valence-corrected chi connectivity index (χ1v) is 5.41. The molecule has 0 aliphatic carbocycles. The van der Waals surface area contributed by atoms with E-state index in [1.165, 1.54) is 0 Å². The molecule has 0 saturated heterocycles. The van der Waals surface area contributed by atoms with Crippen molar-refractivity contribution in [2.45, 2.75) is 6.61 Å². The maximum absolute atomic E-state index is 11.1. The SMILES string of the molecule is COCc1nc(-c2cccc(C(N)=O)c2)nn1C. The molecule has 0 aliphatic rings. The van der Waals surface area contributed by atoms with Gasteiger partial charge in [-0.2, -0.15) is 5.10 Å². The van der Waals surface area contributed by atoms with Crippen LogP contribution < -0.4 is 5.73 Å². The number of aromatic nitrogens is 3. The molecule has 2 rings (SSSR count). The Labute approximate surface area is 104 Å². The van der Waals surface area contributed by atoms with E-state index >= 15 is 0 Å². The highest BCUT2D eigenvalue weighted by atomic mass is 16.5. The number of rotatable bonds is 4. The van der Waals surface area contributed by atoms with E-state index in [2.05, 4.69) is 10.1 Å². The van der Waals surface area contributed by atoms with Crippen LogP contribution in [0.3, 0.4) is 0 Å². The third kappa shape index (κ3) is 2.38. The van der Waals surface area contributed by atoms with E-state index in [-0.39, 0.29) is 0 Å². The summed E-state index contributed by atoms with van der Waals surface area (Å²) in [5.74, 6) is 0.800. The van der Waals surface area contributed by atoms with Gasteiger partial charge in [-0.1, -0.05) is 12.1 Å². The van der Waals surface area contributed by atoms with Crippen LogP contribution in [0, 0.1) is 0 Å². The van der Waals surface area contributed by atoms with Crippen molar-refractivity contribution in [1.29, 1.82) is 0 Å². The molecule has 1 heterocycles. The van der Waals surface area contributed by atoms with Gasteiger partial charge in [0.2, 0.25) is 5.91 Å². The number of ether oxygens (including phenoxy) is 1. The van der Waals surface area contributed by atoms with E-state index in [0.29, 0.717) is 18.0 Å². The number of nitrogens with zero attached hydrogens (tertiary/aromatic N) is 3. The zero-order valence-electron chi connectivity index (χ0n) is 10.3. The fourth-order valence-corrected chi connectivity index (χ4v) is 1.61. The van der Waals surface area contributed by atoms with Crippen molar-refractivity contribution in [2.24, 2.45) is 12.8 Å². The van der Waals surface area contributed by atoms with Gasteiger partial charge >= 0.3 is 0 Å². The van der Waals surface area contributed by atoms with Crippen molar-refractivity contribution < 1.29 is 9.53 Å². The number of aryl methyl sites for hydroxylation is 1. The van der Waals surface area contributed by atoms with E-state index in [9.17, 15) is 4.79 Å². The molecule has 2 aromatic rings. The van der Waals surface area contributed by atoms with Crippen molar-refractivity contribution >= 4 is 5.91 Å². The van der Waals surface area contributed by atoms with Gasteiger partial charge in [-0.3, -0.25) is 9.48 Å². The monoisotopic (exact) mass is 246 g/mol. The van der Waals surface area contributed by atoms with Crippen molar-refractivity contribution in [3.05, 3.63) is 35.7 Å². The minimum atomic E-state index is -0.468. The Bertz CT molecular complexity index is 577. The summed E-state index contributed by atoms with van der Waals surface area (Å²) >= 11 is 0. The molecule has 0 fully saturated rings. The molecule has 0 saturated carbocycles. The summed E-state index contributed by atoms with van der Waals surface area (Å²) in [5.41, 5.74) is 6.43. The molecule has 1 aromatic carbocycles. The molecule has 1 amide bonds. The van der Waals surface area contributed by atoms with E-state index in [1.54, 1.807) is 37.0 Å². The Morgan fingerprint density at radius 2 is 2.28 bits per heavy atom. The molecular weight excluding hydrogens is 232 g/mol. The first-order valence-electron chi connectivity index (χ1n) is 5.41. The Morgan fingerprint density at radius 1 is 1.50 bits per heavy atom. The quantitative estimate of drug-likeness (QED) is 0.862. The average molecular weight is 246 g/mol. The van der Waals surface area contributed by atoms with Crippen LogP contribution in [-0.2, 0) is 18.4 Å². The zero-order chi connectivity index (χ0) is 13.1. The Balaban J connectivity index is 2.39. The van der Waals surface area contributed by atoms with E-state index in [4.69, 9.17) is 10.5 Å². The van der Waals surface area contributed by atoms with Gasteiger partial charge in [0.15, 0.2) is 11.6 Å². The number of amides is 1. The number of carbonyl (C=O) groups excluding carboxylic acids is 1. The Kier molecular flexibility index (Phi) is 3.38. The van der Waals surface area contributed by atoms with Gasteiger partial charge in [-0.15, -0.1) is 0 Å². The number of nitrogens with two attached hydrogens (primary N) is 1. The summed E-state index contributed by atoms with van der Waals surface area (Å²) < 4.78 is 6.67. The molecule has 2 N–H and O–H groups in total. The number of methoxy groups -OCH3 is 1. The summed E-state index contributed by atoms with van der Waals surface area (Å²) in [4.78, 5) is 15.5. The number of carbonyl (C=O) groups is 1. The molecule has 1 aromatic heterocycles. The van der Waals surface area contributed by atoms with E-state index < -0.39 is 5.91 Å². The molecule has 0 radical (unpaired) electrons. The van der Waals surface area contributed by atoms with E-state index in [1.807, 2.05) is 6.07 Å². The fourth-order valence-electron chi connectivity index (χ4n) is 1.61. The lowest BCUT2D eigenvalue weighted by molar-refractivity contribution is 0.100. The molecule has 0 aliphatic heterocycles. The lowest BCUT2D eigenvalue weighted by atomic mass is 10.1. The number of primary amides is 1. The Hall–Kier alpha value is -2.21. The van der Waals surface area contributed by atoms with Crippen molar-refractivity contribution in [3.8, 4) is 11.4 Å². The molecule has 18 heavy (non-hydrogen) atoms. The van der Waals surface area contributed by atoms with Crippen LogP contribution in [0.5, 0.6) is 0 Å². The topological polar surface area (TPSA) is 83.0 Å². The molecule has 0 unspecified atom stereocenters. The van der Waals surface area contributed by atoms with Crippen molar-refractivity contribution in [3.63, 3.8) is 0 Å². The molecule has 94 valence electrons. The number of benzene rings is 1. The molecule has 0 atom stereocenters. The van der Waals surface area contributed by atoms with Crippen molar-refractivity contribution in [2.75, 3.05) is 7.11 Å². The van der Waals surface area contributed by atoms with Crippen molar-refractivity contribution in [1.82, 2.24) is 14.8 Å². The lowest BCUT2D eigenvalue weighted by Crippen LogP contribution is -2.10. The van der Waals surface area contributed by atoms with Crippen LogP contribution in [-0.4, -0.2) is 27.8 Å². The second kappa shape index (κ2) is 4.97. The van der Waals surface area contributed by atoms with Gasteiger partial charge in [-0.05, 0) is 12.1 Å². The first-order chi connectivity index (χ1) is 8.61. The van der Waals surface area contributed by atoms with Crippen LogP contribution >= 0.6 is 0 Å². The van der Waals surface area contributed by atoms with Crippen LogP contribution in [0.25, 0.3) is 11.4 Å². The molecule has 0 bridgehead atoms. The standard InChI is InChI=1S/C12H14N4O2/c1-16-10(7-18-2)14-12(15-16)9-5-3-4-8(6-9)11(13)17/h3-6H,7H2,1-2H3,(H2,13,17). The maximum atomic E-state index is 11.1. The molecule has 6 heteroatoms. The second-order valence-electron chi connectivity index (χ2n) is 3.85. The molecule has 6 nitrogen and oxygen atoms in total. The van der Waals surface area contributed by atoms with Crippen LogP contribution in [0.15, 0.2) is 24.3 Å². The summed E-state index contributed by atoms with van der Waals surface area (Å²) in [6.07, 6.45) is 0. The highest BCUT2D eigenvalue weighted by molar-refractivity contribution is 5.93. The first kappa shape index (κ1) is 12.3. The second-order valence-corrected chi connectivity index (χ2v) is 3.85. The summed E-state index contributed by atoms with van der Waals surface area (Å²) in [6, 6.07) is 6.92. The smallest absolute Gasteiger partial charge is 0.248 e. The molecule has 0 spiro atoms. The minimum Gasteiger partial charge on any atom is -0.377 e. The summed E-state index contributed by atoms with van der Waals surface area (Å²) in [6.45, 7) is 0.388.